The number of anilines is 1. The molecule has 0 unspecified atom stereocenters. The quantitative estimate of drug-likeness (QED) is 0.624. The molecule has 0 heterocycles. The van der Waals surface area contributed by atoms with Crippen molar-refractivity contribution in [3.8, 4) is 0 Å². The first-order chi connectivity index (χ1) is 9.24. The maximum atomic E-state index is 5.91. The summed E-state index contributed by atoms with van der Waals surface area (Å²) in [6.45, 7) is 1.50. The number of aliphatic imine (C=N–C) groups is 1. The molecule has 0 amide bonds. The highest BCUT2D eigenvalue weighted by molar-refractivity contribution is 9.10. The molecule has 0 aromatic heterocycles. The Labute approximate surface area is 126 Å². The van der Waals surface area contributed by atoms with Gasteiger partial charge in [0, 0.05) is 27.9 Å². The van der Waals surface area contributed by atoms with Gasteiger partial charge in [0.05, 0.1) is 6.54 Å². The number of nitrogens with zero attached hydrogens (tertiary/aromatic N) is 1. The van der Waals surface area contributed by atoms with Gasteiger partial charge < -0.3 is 5.32 Å². The average molecular weight is 338 g/mol. The molecule has 0 atom stereocenters. The number of nitrogens with one attached hydrogen (secondary N) is 1. The third-order valence-electron chi connectivity index (χ3n) is 2.48. The summed E-state index contributed by atoms with van der Waals surface area (Å²) in [6.07, 6.45) is 1.88. The van der Waals surface area contributed by atoms with E-state index in [0.717, 1.165) is 33.8 Å². The lowest BCUT2D eigenvalue weighted by Gasteiger charge is -2.04. The Balaban J connectivity index is 1.78. The van der Waals surface area contributed by atoms with Crippen molar-refractivity contribution in [1.29, 1.82) is 0 Å². The van der Waals surface area contributed by atoms with Crippen LogP contribution in [0.15, 0.2) is 58.0 Å². The highest BCUT2D eigenvalue weighted by Crippen LogP contribution is 2.14. The van der Waals surface area contributed by atoms with Gasteiger partial charge >= 0.3 is 0 Å². The van der Waals surface area contributed by atoms with Crippen molar-refractivity contribution in [3.63, 3.8) is 0 Å². The second-order valence-electron chi connectivity index (χ2n) is 4.03. The number of hydrogen-bond donors (Lipinski definition) is 1. The predicted octanol–water partition coefficient (Wildman–Crippen LogP) is 4.63. The minimum Gasteiger partial charge on any atom is -0.383 e. The van der Waals surface area contributed by atoms with Crippen LogP contribution < -0.4 is 5.32 Å². The van der Waals surface area contributed by atoms with Crippen LogP contribution in [-0.4, -0.2) is 19.3 Å². The SMILES string of the molecule is Clc1cccc(NCCN=Cc2cccc(Br)c2)c1. The molecule has 19 heavy (non-hydrogen) atoms. The molecule has 98 valence electrons. The van der Waals surface area contributed by atoms with Crippen LogP contribution >= 0.6 is 27.5 Å². The van der Waals surface area contributed by atoms with Gasteiger partial charge in [0.2, 0.25) is 0 Å². The zero-order chi connectivity index (χ0) is 13.5. The van der Waals surface area contributed by atoms with Crippen LogP contribution in [0.25, 0.3) is 0 Å². The standard InChI is InChI=1S/C15H14BrClN2/c16-13-4-1-3-12(9-13)11-18-7-8-19-15-6-2-5-14(17)10-15/h1-6,9-11,19H,7-8H2. The molecule has 1 N–H and O–H groups in total. The van der Waals surface area contributed by atoms with Crippen LogP contribution in [0.2, 0.25) is 5.02 Å². The van der Waals surface area contributed by atoms with Gasteiger partial charge in [0.25, 0.3) is 0 Å². The molecule has 0 aliphatic heterocycles. The van der Waals surface area contributed by atoms with Crippen molar-refractivity contribution in [2.45, 2.75) is 0 Å². The summed E-state index contributed by atoms with van der Waals surface area (Å²) in [4.78, 5) is 4.38. The third kappa shape index (κ3) is 5.05. The summed E-state index contributed by atoms with van der Waals surface area (Å²) >= 11 is 9.34. The van der Waals surface area contributed by atoms with E-state index < -0.39 is 0 Å². The molecule has 2 aromatic carbocycles. The normalized spacial score (nSPS) is 10.8. The van der Waals surface area contributed by atoms with E-state index in [1.165, 1.54) is 0 Å². The Morgan fingerprint density at radius 3 is 2.79 bits per heavy atom. The minimum atomic E-state index is 0.721. The molecular weight excluding hydrogens is 324 g/mol. The smallest absolute Gasteiger partial charge is 0.0562 e. The van der Waals surface area contributed by atoms with Gasteiger partial charge in [-0.15, -0.1) is 0 Å². The van der Waals surface area contributed by atoms with Gasteiger partial charge in [-0.3, -0.25) is 4.99 Å². The van der Waals surface area contributed by atoms with E-state index in [1.807, 2.05) is 54.7 Å². The minimum absolute atomic E-state index is 0.721. The van der Waals surface area contributed by atoms with E-state index in [4.69, 9.17) is 11.6 Å². The molecule has 0 radical (unpaired) electrons. The molecule has 0 spiro atoms. The van der Waals surface area contributed by atoms with E-state index in [9.17, 15) is 0 Å². The van der Waals surface area contributed by atoms with Crippen molar-refractivity contribution in [2.24, 2.45) is 4.99 Å². The molecule has 0 bridgehead atoms. The van der Waals surface area contributed by atoms with Crippen LogP contribution in [0.1, 0.15) is 5.56 Å². The number of rotatable bonds is 5. The zero-order valence-electron chi connectivity index (χ0n) is 10.3. The maximum Gasteiger partial charge on any atom is 0.0562 e. The molecule has 2 rings (SSSR count). The van der Waals surface area contributed by atoms with Crippen LogP contribution in [0.3, 0.4) is 0 Å². The number of hydrogen-bond acceptors (Lipinski definition) is 2. The molecule has 0 saturated heterocycles. The lowest BCUT2D eigenvalue weighted by molar-refractivity contribution is 1.03. The summed E-state index contributed by atoms with van der Waals surface area (Å²) in [6, 6.07) is 15.7. The largest absolute Gasteiger partial charge is 0.383 e. The number of benzene rings is 2. The fourth-order valence-electron chi connectivity index (χ4n) is 1.62. The van der Waals surface area contributed by atoms with Crippen molar-refractivity contribution in [2.75, 3.05) is 18.4 Å². The first kappa shape index (κ1) is 14.1. The molecule has 0 aliphatic carbocycles. The Kier molecular flexibility index (Phi) is 5.43. The summed E-state index contributed by atoms with van der Waals surface area (Å²) in [7, 11) is 0. The van der Waals surface area contributed by atoms with Crippen molar-refractivity contribution < 1.29 is 0 Å². The Morgan fingerprint density at radius 1 is 1.16 bits per heavy atom. The molecule has 4 heteroatoms. The molecule has 2 aromatic rings. The van der Waals surface area contributed by atoms with Gasteiger partial charge in [-0.2, -0.15) is 0 Å². The van der Waals surface area contributed by atoms with Gasteiger partial charge in [-0.05, 0) is 35.9 Å². The van der Waals surface area contributed by atoms with Crippen molar-refractivity contribution in [1.82, 2.24) is 0 Å². The molecule has 0 aliphatic rings. The first-order valence-corrected chi connectivity index (χ1v) is 7.16. The van der Waals surface area contributed by atoms with Gasteiger partial charge in [-0.1, -0.05) is 45.7 Å². The number of halogens is 2. The third-order valence-corrected chi connectivity index (χ3v) is 3.21. The maximum absolute atomic E-state index is 5.91. The lowest BCUT2D eigenvalue weighted by atomic mass is 10.2. The molecule has 2 nitrogen and oxygen atoms in total. The Morgan fingerprint density at radius 2 is 2.00 bits per heavy atom. The highest BCUT2D eigenvalue weighted by atomic mass is 79.9. The fourth-order valence-corrected chi connectivity index (χ4v) is 2.23. The Bertz CT molecular complexity index is 570. The van der Waals surface area contributed by atoms with Gasteiger partial charge in [0.15, 0.2) is 0 Å². The second kappa shape index (κ2) is 7.31. The van der Waals surface area contributed by atoms with E-state index in [1.54, 1.807) is 0 Å². The van der Waals surface area contributed by atoms with Crippen molar-refractivity contribution in [3.05, 3.63) is 63.6 Å². The predicted molar refractivity (Wildman–Crippen MR) is 86.5 cm³/mol. The molecule has 0 fully saturated rings. The summed E-state index contributed by atoms with van der Waals surface area (Å²) in [5.74, 6) is 0. The Hall–Kier alpha value is -1.32. The first-order valence-electron chi connectivity index (χ1n) is 5.99. The van der Waals surface area contributed by atoms with E-state index in [0.29, 0.717) is 0 Å². The van der Waals surface area contributed by atoms with Crippen molar-refractivity contribution >= 4 is 39.4 Å². The van der Waals surface area contributed by atoms with Crippen LogP contribution in [0, 0.1) is 0 Å². The zero-order valence-corrected chi connectivity index (χ0v) is 12.7. The summed E-state index contributed by atoms with van der Waals surface area (Å²) in [5, 5.41) is 4.01. The van der Waals surface area contributed by atoms with Crippen LogP contribution in [-0.2, 0) is 0 Å². The highest BCUT2D eigenvalue weighted by Gasteiger charge is 1.92. The second-order valence-corrected chi connectivity index (χ2v) is 5.38. The van der Waals surface area contributed by atoms with E-state index in [2.05, 4.69) is 26.2 Å². The van der Waals surface area contributed by atoms with Crippen LogP contribution in [0.5, 0.6) is 0 Å². The summed E-state index contributed by atoms with van der Waals surface area (Å²) < 4.78 is 1.06. The lowest BCUT2D eigenvalue weighted by Crippen LogP contribution is -2.04. The van der Waals surface area contributed by atoms with E-state index >= 15 is 0 Å². The molecular formula is C15H14BrClN2. The van der Waals surface area contributed by atoms with E-state index in [-0.39, 0.29) is 0 Å². The summed E-state index contributed by atoms with van der Waals surface area (Å²) in [5.41, 5.74) is 2.11. The fraction of sp³-hybridized carbons (Fsp3) is 0.133. The topological polar surface area (TPSA) is 24.4 Å². The monoisotopic (exact) mass is 336 g/mol. The molecule has 0 saturated carbocycles. The average Bonchev–Trinajstić information content (AvgIpc) is 2.38. The van der Waals surface area contributed by atoms with Gasteiger partial charge in [0.1, 0.15) is 0 Å². The van der Waals surface area contributed by atoms with Crippen LogP contribution in [0.4, 0.5) is 5.69 Å². The van der Waals surface area contributed by atoms with Gasteiger partial charge in [-0.25, -0.2) is 0 Å².